The predicted octanol–water partition coefficient (Wildman–Crippen LogP) is 2.71. The molecule has 25 heavy (non-hydrogen) atoms. The normalized spacial score (nSPS) is 18.2. The number of benzene rings is 1. The van der Waals surface area contributed by atoms with Crippen LogP contribution < -0.4 is 4.74 Å². The molecule has 0 saturated carbocycles. The summed E-state index contributed by atoms with van der Waals surface area (Å²) in [4.78, 5) is 7.07. The first-order chi connectivity index (χ1) is 12.1. The second-order valence-electron chi connectivity index (χ2n) is 7.34. The lowest BCUT2D eigenvalue weighted by Gasteiger charge is -2.40. The summed E-state index contributed by atoms with van der Waals surface area (Å²) in [5.74, 6) is 2.33. The Labute approximate surface area is 148 Å². The first-order valence-electron chi connectivity index (χ1n) is 9.03. The third kappa shape index (κ3) is 3.55. The number of fused-ring (bicyclic) bond motifs is 1. The maximum Gasteiger partial charge on any atom is 0.227 e. The van der Waals surface area contributed by atoms with Gasteiger partial charge in [0.2, 0.25) is 11.7 Å². The molecule has 0 bridgehead atoms. The van der Waals surface area contributed by atoms with E-state index in [0.717, 1.165) is 63.5 Å². The number of ether oxygens (including phenoxy) is 2. The zero-order valence-electron chi connectivity index (χ0n) is 15.0. The first kappa shape index (κ1) is 16.5. The van der Waals surface area contributed by atoms with Crippen molar-refractivity contribution >= 4 is 0 Å². The fraction of sp³-hybridized carbons (Fsp3) is 0.579. The van der Waals surface area contributed by atoms with E-state index < -0.39 is 0 Å². The highest BCUT2D eigenvalue weighted by Gasteiger charge is 2.28. The van der Waals surface area contributed by atoms with Crippen molar-refractivity contribution < 1.29 is 14.0 Å². The molecule has 1 fully saturated rings. The topological polar surface area (TPSA) is 60.6 Å². The summed E-state index contributed by atoms with van der Waals surface area (Å²) in [6, 6.07) is 6.10. The molecular weight excluding hydrogens is 318 g/mol. The highest BCUT2D eigenvalue weighted by molar-refractivity contribution is 5.59. The molecule has 0 spiro atoms. The maximum absolute atomic E-state index is 5.55. The molecule has 4 rings (SSSR count). The van der Waals surface area contributed by atoms with Gasteiger partial charge >= 0.3 is 0 Å². The van der Waals surface area contributed by atoms with Crippen LogP contribution in [0.4, 0.5) is 0 Å². The zero-order valence-corrected chi connectivity index (χ0v) is 15.0. The molecule has 0 N–H and O–H groups in total. The molecule has 0 aliphatic carbocycles. The molecule has 0 radical (unpaired) electrons. The summed E-state index contributed by atoms with van der Waals surface area (Å²) >= 11 is 0. The van der Waals surface area contributed by atoms with E-state index in [2.05, 4.69) is 35.0 Å². The van der Waals surface area contributed by atoms with Gasteiger partial charge in [-0.25, -0.2) is 0 Å². The van der Waals surface area contributed by atoms with Crippen LogP contribution in [-0.4, -0.2) is 53.5 Å². The Balaban J connectivity index is 1.41. The summed E-state index contributed by atoms with van der Waals surface area (Å²) in [5.41, 5.74) is 2.31. The van der Waals surface area contributed by atoms with Crippen molar-refractivity contribution in [3.05, 3.63) is 29.7 Å². The van der Waals surface area contributed by atoms with E-state index in [1.54, 1.807) is 0 Å². The molecule has 1 aromatic carbocycles. The number of aromatic nitrogens is 2. The fourth-order valence-electron chi connectivity index (χ4n) is 3.54. The van der Waals surface area contributed by atoms with Gasteiger partial charge in [0.15, 0.2) is 0 Å². The number of nitrogens with zero attached hydrogens (tertiary/aromatic N) is 3. The highest BCUT2D eigenvalue weighted by atomic mass is 16.5. The molecule has 6 heteroatoms. The molecule has 1 aromatic heterocycles. The van der Waals surface area contributed by atoms with Gasteiger partial charge in [-0.1, -0.05) is 5.16 Å². The van der Waals surface area contributed by atoms with Crippen molar-refractivity contribution in [2.24, 2.45) is 0 Å². The van der Waals surface area contributed by atoms with E-state index in [4.69, 9.17) is 14.0 Å². The molecule has 134 valence electrons. The lowest BCUT2D eigenvalue weighted by Crippen LogP contribution is -2.50. The average molecular weight is 343 g/mol. The van der Waals surface area contributed by atoms with Gasteiger partial charge in [-0.15, -0.1) is 0 Å². The SMILES string of the molecule is CC(C)(CCc1nc(-c2ccc3c(c2)CCO3)no1)N1CCOCC1. The summed E-state index contributed by atoms with van der Waals surface area (Å²) in [7, 11) is 0. The van der Waals surface area contributed by atoms with Gasteiger partial charge in [-0.2, -0.15) is 4.98 Å². The molecule has 0 atom stereocenters. The van der Waals surface area contributed by atoms with Gasteiger partial charge in [0.1, 0.15) is 5.75 Å². The zero-order chi connectivity index (χ0) is 17.3. The van der Waals surface area contributed by atoms with Gasteiger partial charge in [-0.05, 0) is 44.0 Å². The van der Waals surface area contributed by atoms with Crippen LogP contribution in [0.1, 0.15) is 31.7 Å². The Morgan fingerprint density at radius 1 is 1.16 bits per heavy atom. The van der Waals surface area contributed by atoms with Crippen molar-refractivity contribution in [1.29, 1.82) is 0 Å². The highest BCUT2D eigenvalue weighted by Crippen LogP contribution is 2.29. The van der Waals surface area contributed by atoms with E-state index in [9.17, 15) is 0 Å². The van der Waals surface area contributed by atoms with E-state index in [0.29, 0.717) is 11.7 Å². The molecule has 0 unspecified atom stereocenters. The van der Waals surface area contributed by atoms with Crippen molar-refractivity contribution in [3.8, 4) is 17.1 Å². The standard InChI is InChI=1S/C19H25N3O3/c1-19(2,22-8-11-23-12-9-22)7-5-17-20-18(21-25-17)15-3-4-16-14(13-15)6-10-24-16/h3-4,13H,5-12H2,1-2H3. The molecular formula is C19H25N3O3. The van der Waals surface area contributed by atoms with Gasteiger partial charge in [-0.3, -0.25) is 4.90 Å². The van der Waals surface area contributed by atoms with Crippen LogP contribution >= 0.6 is 0 Å². The van der Waals surface area contributed by atoms with Crippen molar-refractivity contribution in [3.63, 3.8) is 0 Å². The van der Waals surface area contributed by atoms with Crippen LogP contribution in [0.3, 0.4) is 0 Å². The Morgan fingerprint density at radius 2 is 2.00 bits per heavy atom. The fourth-order valence-corrected chi connectivity index (χ4v) is 3.54. The van der Waals surface area contributed by atoms with Crippen molar-refractivity contribution in [2.75, 3.05) is 32.9 Å². The second-order valence-corrected chi connectivity index (χ2v) is 7.34. The molecule has 2 aliphatic rings. The molecule has 6 nitrogen and oxygen atoms in total. The summed E-state index contributed by atoms with van der Waals surface area (Å²) in [5, 5.41) is 4.16. The summed E-state index contributed by atoms with van der Waals surface area (Å²) < 4.78 is 16.5. The quantitative estimate of drug-likeness (QED) is 0.832. The van der Waals surface area contributed by atoms with Gasteiger partial charge < -0.3 is 14.0 Å². The molecule has 1 saturated heterocycles. The second kappa shape index (κ2) is 6.77. The molecule has 2 aromatic rings. The Morgan fingerprint density at radius 3 is 2.84 bits per heavy atom. The van der Waals surface area contributed by atoms with Crippen LogP contribution in [-0.2, 0) is 17.6 Å². The van der Waals surface area contributed by atoms with Crippen LogP contribution in [0, 0.1) is 0 Å². The lowest BCUT2D eigenvalue weighted by atomic mass is 9.95. The lowest BCUT2D eigenvalue weighted by molar-refractivity contribution is -0.0131. The Kier molecular flexibility index (Phi) is 4.48. The van der Waals surface area contributed by atoms with Crippen molar-refractivity contribution in [1.82, 2.24) is 15.0 Å². The third-order valence-corrected chi connectivity index (χ3v) is 5.23. The number of morpholine rings is 1. The van der Waals surface area contributed by atoms with E-state index in [-0.39, 0.29) is 5.54 Å². The minimum absolute atomic E-state index is 0.101. The van der Waals surface area contributed by atoms with Crippen molar-refractivity contribution in [2.45, 2.75) is 38.6 Å². The average Bonchev–Trinajstić information content (AvgIpc) is 3.29. The van der Waals surface area contributed by atoms with Crippen LogP contribution in [0.2, 0.25) is 0 Å². The van der Waals surface area contributed by atoms with Gasteiger partial charge in [0.25, 0.3) is 0 Å². The minimum Gasteiger partial charge on any atom is -0.493 e. The maximum atomic E-state index is 5.55. The summed E-state index contributed by atoms with van der Waals surface area (Å²) in [6.45, 7) is 8.91. The smallest absolute Gasteiger partial charge is 0.227 e. The molecule has 2 aliphatic heterocycles. The third-order valence-electron chi connectivity index (χ3n) is 5.23. The minimum atomic E-state index is 0.101. The first-order valence-corrected chi connectivity index (χ1v) is 9.03. The van der Waals surface area contributed by atoms with E-state index in [1.807, 2.05) is 12.1 Å². The van der Waals surface area contributed by atoms with E-state index >= 15 is 0 Å². The number of hydrogen-bond acceptors (Lipinski definition) is 6. The largest absolute Gasteiger partial charge is 0.493 e. The molecule has 0 amide bonds. The number of rotatable bonds is 5. The van der Waals surface area contributed by atoms with Crippen LogP contribution in [0.15, 0.2) is 22.7 Å². The van der Waals surface area contributed by atoms with Gasteiger partial charge in [0.05, 0.1) is 19.8 Å². The Bertz CT molecular complexity index is 735. The monoisotopic (exact) mass is 343 g/mol. The molecule has 3 heterocycles. The van der Waals surface area contributed by atoms with Crippen LogP contribution in [0.5, 0.6) is 5.75 Å². The van der Waals surface area contributed by atoms with Gasteiger partial charge in [0, 0.05) is 37.0 Å². The predicted molar refractivity (Wildman–Crippen MR) is 93.7 cm³/mol. The summed E-state index contributed by atoms with van der Waals surface area (Å²) in [6.07, 6.45) is 2.71. The Hall–Kier alpha value is -1.92. The number of aryl methyl sites for hydroxylation is 1. The number of hydrogen-bond donors (Lipinski definition) is 0. The van der Waals surface area contributed by atoms with Crippen LogP contribution in [0.25, 0.3) is 11.4 Å². The van der Waals surface area contributed by atoms with E-state index in [1.165, 1.54) is 5.56 Å².